The molecule has 0 unspecified atom stereocenters. The van der Waals surface area contributed by atoms with Crippen molar-refractivity contribution in [1.82, 2.24) is 15.2 Å². The summed E-state index contributed by atoms with van der Waals surface area (Å²) >= 11 is 6.07. The summed E-state index contributed by atoms with van der Waals surface area (Å²) in [5.74, 6) is -0.0681. The fourth-order valence-electron chi connectivity index (χ4n) is 1.91. The summed E-state index contributed by atoms with van der Waals surface area (Å²) in [6.45, 7) is 1.38. The molecule has 0 spiro atoms. The first-order valence-corrected chi connectivity index (χ1v) is 6.45. The molecule has 0 saturated heterocycles. The van der Waals surface area contributed by atoms with E-state index in [2.05, 4.69) is 10.3 Å². The van der Waals surface area contributed by atoms with Crippen LogP contribution >= 0.6 is 11.6 Å². The van der Waals surface area contributed by atoms with Crippen molar-refractivity contribution in [3.05, 3.63) is 41.0 Å². The molecule has 0 atom stereocenters. The predicted octanol–water partition coefficient (Wildman–Crippen LogP) is 2.18. The average Bonchev–Trinajstić information content (AvgIpc) is 2.42. The maximum Gasteiger partial charge on any atom is 0.255 e. The number of rotatable bonds is 4. The first-order valence-electron chi connectivity index (χ1n) is 6.08. The molecule has 0 aliphatic rings. The SMILES string of the molecule is CNCCN(C)C(=O)c1cc(Cl)cc2cccnc12. The van der Waals surface area contributed by atoms with Gasteiger partial charge in [0.1, 0.15) is 0 Å². The number of hydrogen-bond acceptors (Lipinski definition) is 3. The van der Waals surface area contributed by atoms with E-state index in [0.29, 0.717) is 22.6 Å². The molecule has 2 aromatic rings. The molecule has 1 aromatic heterocycles. The number of carbonyl (C=O) groups is 1. The number of pyridine rings is 1. The lowest BCUT2D eigenvalue weighted by molar-refractivity contribution is 0.0798. The Hall–Kier alpha value is -1.65. The van der Waals surface area contributed by atoms with Crippen molar-refractivity contribution in [3.8, 4) is 0 Å². The van der Waals surface area contributed by atoms with Gasteiger partial charge in [0.15, 0.2) is 0 Å². The van der Waals surface area contributed by atoms with Crippen molar-refractivity contribution in [2.45, 2.75) is 0 Å². The summed E-state index contributed by atoms with van der Waals surface area (Å²) < 4.78 is 0. The molecular formula is C14H16ClN3O. The molecule has 0 fully saturated rings. The number of amides is 1. The fraction of sp³-hybridized carbons (Fsp3) is 0.286. The van der Waals surface area contributed by atoms with Gasteiger partial charge in [-0.1, -0.05) is 17.7 Å². The molecule has 1 amide bonds. The summed E-state index contributed by atoms with van der Waals surface area (Å²) in [6, 6.07) is 7.22. The summed E-state index contributed by atoms with van der Waals surface area (Å²) in [6.07, 6.45) is 1.68. The third-order valence-electron chi connectivity index (χ3n) is 2.94. The van der Waals surface area contributed by atoms with Crippen LogP contribution in [0.1, 0.15) is 10.4 Å². The third kappa shape index (κ3) is 3.03. The van der Waals surface area contributed by atoms with Crippen LogP contribution in [-0.4, -0.2) is 43.0 Å². The molecule has 100 valence electrons. The van der Waals surface area contributed by atoms with Crippen LogP contribution in [0.3, 0.4) is 0 Å². The summed E-state index contributed by atoms with van der Waals surface area (Å²) in [7, 11) is 3.63. The van der Waals surface area contributed by atoms with Gasteiger partial charge in [0.05, 0.1) is 11.1 Å². The highest BCUT2D eigenvalue weighted by Gasteiger charge is 2.16. The van der Waals surface area contributed by atoms with E-state index < -0.39 is 0 Å². The van der Waals surface area contributed by atoms with E-state index in [1.54, 1.807) is 24.2 Å². The number of hydrogen-bond donors (Lipinski definition) is 1. The van der Waals surface area contributed by atoms with Crippen LogP contribution < -0.4 is 5.32 Å². The van der Waals surface area contributed by atoms with Crippen LogP contribution in [0.5, 0.6) is 0 Å². The zero-order valence-electron chi connectivity index (χ0n) is 11.0. The molecule has 1 aromatic carbocycles. The van der Waals surface area contributed by atoms with Gasteiger partial charge in [0.25, 0.3) is 5.91 Å². The molecule has 0 aliphatic carbocycles. The van der Waals surface area contributed by atoms with Gasteiger partial charge in [-0.15, -0.1) is 0 Å². The Morgan fingerprint density at radius 1 is 1.47 bits per heavy atom. The van der Waals surface area contributed by atoms with Gasteiger partial charge in [-0.25, -0.2) is 0 Å². The van der Waals surface area contributed by atoms with Crippen molar-refractivity contribution >= 4 is 28.4 Å². The molecule has 5 heteroatoms. The van der Waals surface area contributed by atoms with Crippen LogP contribution in [0.4, 0.5) is 0 Å². The lowest BCUT2D eigenvalue weighted by Gasteiger charge is -2.17. The molecule has 1 heterocycles. The van der Waals surface area contributed by atoms with Gasteiger partial charge in [0, 0.05) is 36.7 Å². The van der Waals surface area contributed by atoms with Crippen molar-refractivity contribution in [2.75, 3.05) is 27.2 Å². The Balaban J connectivity index is 2.41. The minimum absolute atomic E-state index is 0.0681. The minimum atomic E-state index is -0.0681. The van der Waals surface area contributed by atoms with Crippen LogP contribution in [-0.2, 0) is 0 Å². The molecule has 0 aliphatic heterocycles. The van der Waals surface area contributed by atoms with Gasteiger partial charge < -0.3 is 10.2 Å². The highest BCUT2D eigenvalue weighted by molar-refractivity contribution is 6.32. The second kappa shape index (κ2) is 5.99. The Morgan fingerprint density at radius 3 is 3.00 bits per heavy atom. The number of nitrogens with zero attached hydrogens (tertiary/aromatic N) is 2. The van der Waals surface area contributed by atoms with E-state index in [1.807, 2.05) is 25.2 Å². The zero-order valence-corrected chi connectivity index (χ0v) is 11.7. The van der Waals surface area contributed by atoms with E-state index in [1.165, 1.54) is 0 Å². The van der Waals surface area contributed by atoms with Crippen LogP contribution in [0.2, 0.25) is 5.02 Å². The number of nitrogens with one attached hydrogen (secondary N) is 1. The molecule has 19 heavy (non-hydrogen) atoms. The molecule has 4 nitrogen and oxygen atoms in total. The topological polar surface area (TPSA) is 45.2 Å². The highest BCUT2D eigenvalue weighted by atomic mass is 35.5. The maximum absolute atomic E-state index is 12.4. The van der Waals surface area contributed by atoms with Crippen molar-refractivity contribution in [2.24, 2.45) is 0 Å². The molecule has 1 N–H and O–H groups in total. The second-order valence-electron chi connectivity index (χ2n) is 4.36. The van der Waals surface area contributed by atoms with Crippen LogP contribution in [0, 0.1) is 0 Å². The van der Waals surface area contributed by atoms with Gasteiger partial charge in [-0.3, -0.25) is 9.78 Å². The Kier molecular flexibility index (Phi) is 4.35. The largest absolute Gasteiger partial charge is 0.340 e. The smallest absolute Gasteiger partial charge is 0.255 e. The average molecular weight is 278 g/mol. The number of carbonyl (C=O) groups excluding carboxylic acids is 1. The molecule has 0 radical (unpaired) electrons. The minimum Gasteiger partial charge on any atom is -0.340 e. The zero-order chi connectivity index (χ0) is 13.8. The predicted molar refractivity (Wildman–Crippen MR) is 77.6 cm³/mol. The third-order valence-corrected chi connectivity index (χ3v) is 3.16. The van der Waals surface area contributed by atoms with Gasteiger partial charge in [-0.2, -0.15) is 0 Å². The molecule has 2 rings (SSSR count). The maximum atomic E-state index is 12.4. The summed E-state index contributed by atoms with van der Waals surface area (Å²) in [5, 5.41) is 4.44. The number of fused-ring (bicyclic) bond motifs is 1. The number of benzene rings is 1. The first kappa shape index (κ1) is 13.8. The summed E-state index contributed by atoms with van der Waals surface area (Å²) in [4.78, 5) is 18.4. The van der Waals surface area contributed by atoms with Crippen LogP contribution in [0.25, 0.3) is 10.9 Å². The Bertz CT molecular complexity index is 600. The van der Waals surface area contributed by atoms with Crippen molar-refractivity contribution in [3.63, 3.8) is 0 Å². The van der Waals surface area contributed by atoms with Gasteiger partial charge in [0.2, 0.25) is 0 Å². The standard InChI is InChI=1S/C14H16ClN3O/c1-16-6-7-18(2)14(19)12-9-11(15)8-10-4-3-5-17-13(10)12/h3-5,8-9,16H,6-7H2,1-2H3. The lowest BCUT2D eigenvalue weighted by atomic mass is 10.1. The van der Waals surface area contributed by atoms with E-state index in [9.17, 15) is 4.79 Å². The molecule has 0 bridgehead atoms. The Morgan fingerprint density at radius 2 is 2.26 bits per heavy atom. The monoisotopic (exact) mass is 277 g/mol. The quantitative estimate of drug-likeness (QED) is 0.932. The first-order chi connectivity index (χ1) is 9.13. The number of aromatic nitrogens is 1. The molecule has 0 saturated carbocycles. The number of halogens is 1. The van der Waals surface area contributed by atoms with E-state index in [4.69, 9.17) is 11.6 Å². The van der Waals surface area contributed by atoms with E-state index in [-0.39, 0.29) is 5.91 Å². The normalized spacial score (nSPS) is 10.7. The van der Waals surface area contributed by atoms with Crippen molar-refractivity contribution < 1.29 is 4.79 Å². The van der Waals surface area contributed by atoms with E-state index in [0.717, 1.165) is 11.9 Å². The lowest BCUT2D eigenvalue weighted by Crippen LogP contribution is -2.33. The number of likely N-dealkylation sites (N-methyl/N-ethyl adjacent to an activating group) is 2. The second-order valence-corrected chi connectivity index (χ2v) is 4.80. The van der Waals surface area contributed by atoms with Crippen LogP contribution in [0.15, 0.2) is 30.5 Å². The molecular weight excluding hydrogens is 262 g/mol. The summed E-state index contributed by atoms with van der Waals surface area (Å²) in [5.41, 5.74) is 1.23. The fourth-order valence-corrected chi connectivity index (χ4v) is 2.13. The van der Waals surface area contributed by atoms with Crippen molar-refractivity contribution in [1.29, 1.82) is 0 Å². The highest BCUT2D eigenvalue weighted by Crippen LogP contribution is 2.23. The van der Waals surface area contributed by atoms with Gasteiger partial charge >= 0.3 is 0 Å². The van der Waals surface area contributed by atoms with E-state index >= 15 is 0 Å². The Labute approximate surface area is 117 Å². The van der Waals surface area contributed by atoms with Gasteiger partial charge in [-0.05, 0) is 25.2 Å².